The van der Waals surface area contributed by atoms with E-state index in [4.69, 9.17) is 4.74 Å². The van der Waals surface area contributed by atoms with Gasteiger partial charge in [-0.2, -0.15) is 26.3 Å². The zero-order valence-corrected chi connectivity index (χ0v) is 13.6. The van der Waals surface area contributed by atoms with E-state index >= 15 is 0 Å². The van der Waals surface area contributed by atoms with Crippen molar-refractivity contribution in [2.75, 3.05) is 0 Å². The molecular formula is C14H21F7O2. The molecule has 0 radical (unpaired) electrons. The zero-order chi connectivity index (χ0) is 18.9. The Morgan fingerprint density at radius 1 is 0.826 bits per heavy atom. The first-order valence-electron chi connectivity index (χ1n) is 6.85. The molecule has 0 unspecified atom stereocenters. The van der Waals surface area contributed by atoms with Gasteiger partial charge < -0.3 is 4.74 Å². The van der Waals surface area contributed by atoms with Gasteiger partial charge in [0.1, 0.15) is 5.60 Å². The molecule has 0 aromatic rings. The second-order valence-corrected chi connectivity index (χ2v) is 7.27. The Labute approximate surface area is 130 Å². The molecule has 0 saturated carbocycles. The smallest absolute Gasteiger partial charge is 0.431 e. The molecule has 0 saturated heterocycles. The van der Waals surface area contributed by atoms with Gasteiger partial charge in [0, 0.05) is 12.8 Å². The number of carbonyl (C=O) groups excluding carboxylic acids is 1. The van der Waals surface area contributed by atoms with Crippen LogP contribution in [0.15, 0.2) is 0 Å². The predicted molar refractivity (Wildman–Crippen MR) is 69.4 cm³/mol. The zero-order valence-electron chi connectivity index (χ0n) is 13.6. The third-order valence-corrected chi connectivity index (χ3v) is 2.92. The molecule has 0 aromatic carbocycles. The highest BCUT2D eigenvalue weighted by Crippen LogP contribution is 2.49. The maximum Gasteiger partial charge on any atom is 0.431 e. The minimum absolute atomic E-state index is 0.286. The maximum absolute atomic E-state index is 13.4. The first-order valence-corrected chi connectivity index (χ1v) is 6.85. The van der Waals surface area contributed by atoms with Crippen molar-refractivity contribution in [3.05, 3.63) is 0 Å². The summed E-state index contributed by atoms with van der Waals surface area (Å²) in [5, 5.41) is 0. The molecule has 0 amide bonds. The van der Waals surface area contributed by atoms with Gasteiger partial charge >= 0.3 is 18.3 Å². The van der Waals surface area contributed by atoms with Gasteiger partial charge in [0.25, 0.3) is 5.67 Å². The van der Waals surface area contributed by atoms with E-state index in [-0.39, 0.29) is 5.41 Å². The second-order valence-electron chi connectivity index (χ2n) is 7.27. The van der Waals surface area contributed by atoms with Crippen LogP contribution in [0.2, 0.25) is 0 Å². The summed E-state index contributed by atoms with van der Waals surface area (Å²) in [6.45, 7) is 8.42. The third-order valence-electron chi connectivity index (χ3n) is 2.92. The van der Waals surface area contributed by atoms with Crippen molar-refractivity contribution < 1.29 is 40.3 Å². The van der Waals surface area contributed by atoms with E-state index < -0.39 is 42.4 Å². The van der Waals surface area contributed by atoms with Crippen LogP contribution in [0.3, 0.4) is 0 Å². The second kappa shape index (κ2) is 6.47. The van der Waals surface area contributed by atoms with Crippen molar-refractivity contribution in [3.8, 4) is 0 Å². The molecular weight excluding hydrogens is 333 g/mol. The highest BCUT2D eigenvalue weighted by molar-refractivity contribution is 5.70. The van der Waals surface area contributed by atoms with Crippen LogP contribution in [-0.4, -0.2) is 29.6 Å². The summed E-state index contributed by atoms with van der Waals surface area (Å²) in [5.41, 5.74) is -6.82. The molecule has 2 nitrogen and oxygen atoms in total. The summed E-state index contributed by atoms with van der Waals surface area (Å²) < 4.78 is 92.5. The van der Waals surface area contributed by atoms with Crippen molar-refractivity contribution in [2.45, 2.75) is 77.5 Å². The van der Waals surface area contributed by atoms with Crippen LogP contribution >= 0.6 is 0 Å². The molecule has 0 bridgehead atoms. The Balaban J connectivity index is 4.93. The van der Waals surface area contributed by atoms with Gasteiger partial charge in [-0.1, -0.05) is 20.8 Å². The molecule has 9 heteroatoms. The van der Waals surface area contributed by atoms with Gasteiger partial charge in [0.05, 0.1) is 0 Å². The van der Waals surface area contributed by atoms with Gasteiger partial charge in [-0.3, -0.25) is 4.79 Å². The van der Waals surface area contributed by atoms with Crippen molar-refractivity contribution in [3.63, 3.8) is 0 Å². The topological polar surface area (TPSA) is 26.3 Å². The first-order chi connectivity index (χ1) is 9.81. The molecule has 0 aromatic heterocycles. The molecule has 0 spiro atoms. The summed E-state index contributed by atoms with van der Waals surface area (Å²) >= 11 is 0. The summed E-state index contributed by atoms with van der Waals surface area (Å²) in [7, 11) is 0. The number of rotatable bonds is 5. The van der Waals surface area contributed by atoms with E-state index in [0.717, 1.165) is 0 Å². The minimum Gasteiger partial charge on any atom is -0.460 e. The van der Waals surface area contributed by atoms with E-state index in [9.17, 15) is 35.5 Å². The van der Waals surface area contributed by atoms with Crippen molar-refractivity contribution in [1.29, 1.82) is 0 Å². The molecule has 0 aliphatic heterocycles. The van der Waals surface area contributed by atoms with E-state index in [2.05, 4.69) is 0 Å². The lowest BCUT2D eigenvalue weighted by Crippen LogP contribution is -2.53. The number of alkyl halides is 7. The van der Waals surface area contributed by atoms with Crippen LogP contribution in [0, 0.1) is 5.41 Å². The average Bonchev–Trinajstić information content (AvgIpc) is 2.17. The van der Waals surface area contributed by atoms with Crippen LogP contribution in [-0.2, 0) is 9.53 Å². The van der Waals surface area contributed by atoms with E-state index in [1.807, 2.05) is 20.8 Å². The van der Waals surface area contributed by atoms with Crippen molar-refractivity contribution >= 4 is 5.97 Å². The monoisotopic (exact) mass is 354 g/mol. The van der Waals surface area contributed by atoms with E-state index in [1.54, 1.807) is 0 Å². The lowest BCUT2D eigenvalue weighted by atomic mass is 9.83. The number of hydrogen-bond acceptors (Lipinski definition) is 2. The van der Waals surface area contributed by atoms with Crippen LogP contribution in [0.1, 0.15) is 53.9 Å². The van der Waals surface area contributed by atoms with E-state index in [0.29, 0.717) is 6.42 Å². The van der Waals surface area contributed by atoms with Crippen LogP contribution in [0.5, 0.6) is 0 Å². The van der Waals surface area contributed by atoms with Gasteiger partial charge in [-0.15, -0.1) is 0 Å². The highest BCUT2D eigenvalue weighted by atomic mass is 19.4. The normalized spacial score (nSPS) is 14.8. The molecule has 0 rings (SSSR count). The molecule has 23 heavy (non-hydrogen) atoms. The van der Waals surface area contributed by atoms with Gasteiger partial charge in [-0.05, 0) is 25.7 Å². The average molecular weight is 354 g/mol. The van der Waals surface area contributed by atoms with Crippen LogP contribution in [0.4, 0.5) is 30.7 Å². The fraction of sp³-hybridized carbons (Fsp3) is 0.929. The predicted octanol–water partition coefficient (Wildman–Crippen LogP) is 5.36. The standard InChI is InChI=1S/C14H21F7O2/c1-10(2,3)8-11(4,5)23-9(22)6-7-12(15,13(16,17)18)14(19,20)21/h6-8H2,1-5H3. The first kappa shape index (κ1) is 22.0. The molecule has 0 heterocycles. The number of carbonyl (C=O) groups is 1. The Morgan fingerprint density at radius 2 is 1.22 bits per heavy atom. The van der Waals surface area contributed by atoms with Crippen molar-refractivity contribution in [1.82, 2.24) is 0 Å². The van der Waals surface area contributed by atoms with Crippen LogP contribution in [0.25, 0.3) is 0 Å². The molecule has 0 atom stereocenters. The van der Waals surface area contributed by atoms with E-state index in [1.165, 1.54) is 13.8 Å². The molecule has 0 N–H and O–H groups in total. The van der Waals surface area contributed by atoms with Gasteiger partial charge in [-0.25, -0.2) is 4.39 Å². The largest absolute Gasteiger partial charge is 0.460 e. The molecule has 138 valence electrons. The Hall–Kier alpha value is -1.02. The Bertz CT molecular complexity index is 402. The Kier molecular flexibility index (Phi) is 6.18. The fourth-order valence-corrected chi connectivity index (χ4v) is 2.39. The lowest BCUT2D eigenvalue weighted by Gasteiger charge is -2.33. The quantitative estimate of drug-likeness (QED) is 0.491. The Morgan fingerprint density at radius 3 is 1.52 bits per heavy atom. The maximum atomic E-state index is 13.4. The van der Waals surface area contributed by atoms with Gasteiger partial charge in [0.2, 0.25) is 0 Å². The fourth-order valence-electron chi connectivity index (χ4n) is 2.39. The number of ether oxygens (including phenoxy) is 1. The number of hydrogen-bond donors (Lipinski definition) is 0. The summed E-state index contributed by atoms with van der Waals surface area (Å²) in [5.74, 6) is -1.31. The molecule has 0 aliphatic carbocycles. The van der Waals surface area contributed by atoms with Crippen molar-refractivity contribution in [2.24, 2.45) is 5.41 Å². The van der Waals surface area contributed by atoms with Gasteiger partial charge in [0.15, 0.2) is 0 Å². The van der Waals surface area contributed by atoms with Crippen LogP contribution < -0.4 is 0 Å². The summed E-state index contributed by atoms with van der Waals surface area (Å²) in [4.78, 5) is 11.5. The molecule has 0 fully saturated rings. The summed E-state index contributed by atoms with van der Waals surface area (Å²) in [6, 6.07) is 0. The SMILES string of the molecule is CC(C)(C)CC(C)(C)OC(=O)CCC(F)(C(F)(F)F)C(F)(F)F. The molecule has 0 aliphatic rings. The highest BCUT2D eigenvalue weighted by Gasteiger charge is 2.72. The third kappa shape index (κ3) is 6.55. The number of esters is 1. The minimum atomic E-state index is -6.16. The lowest BCUT2D eigenvalue weighted by molar-refractivity contribution is -0.343. The summed E-state index contributed by atoms with van der Waals surface area (Å²) in [6.07, 6.45) is -15.4. The number of halogens is 7.